The van der Waals surface area contributed by atoms with Gasteiger partial charge in [-0.2, -0.15) is 0 Å². The van der Waals surface area contributed by atoms with Crippen LogP contribution in [-0.4, -0.2) is 32.2 Å². The van der Waals surface area contributed by atoms with Crippen LogP contribution in [0.4, 0.5) is 0 Å². The number of hydrogen-bond acceptors (Lipinski definition) is 3. The molecule has 0 unspecified atom stereocenters. The lowest BCUT2D eigenvalue weighted by Crippen LogP contribution is -2.39. The Morgan fingerprint density at radius 2 is 1.25 bits per heavy atom. The Hall–Kier alpha value is -0.120. The van der Waals surface area contributed by atoms with E-state index in [9.17, 15) is 0 Å². The van der Waals surface area contributed by atoms with Gasteiger partial charge in [0.25, 0.3) is 0 Å². The fourth-order valence-electron chi connectivity index (χ4n) is 1.56. The summed E-state index contributed by atoms with van der Waals surface area (Å²) in [7, 11) is 0. The monoisotopic (exact) mass is 171 g/mol. The molecule has 0 spiro atoms. The van der Waals surface area contributed by atoms with Crippen molar-refractivity contribution >= 4 is 0 Å². The van der Waals surface area contributed by atoms with Gasteiger partial charge in [0, 0.05) is 32.2 Å². The molecule has 2 rings (SSSR count). The smallest absolute Gasteiger partial charge is 0.00772 e. The number of nitrogens with two attached hydrogens (primary N) is 1. The van der Waals surface area contributed by atoms with Crippen LogP contribution in [0.2, 0.25) is 0 Å². The third kappa shape index (κ3) is 4.70. The Bertz CT molecular complexity index is 84.4. The van der Waals surface area contributed by atoms with Gasteiger partial charge in [-0.1, -0.05) is 12.8 Å². The molecule has 1 saturated carbocycles. The minimum atomic E-state index is 0.546. The molecule has 12 heavy (non-hydrogen) atoms. The molecule has 3 nitrogen and oxygen atoms in total. The van der Waals surface area contributed by atoms with Crippen LogP contribution in [-0.2, 0) is 0 Å². The van der Waals surface area contributed by atoms with Gasteiger partial charge in [-0.3, -0.25) is 0 Å². The average Bonchev–Trinajstić information content (AvgIpc) is 2.60. The number of rotatable bonds is 0. The molecular weight excluding hydrogens is 150 g/mol. The lowest BCUT2D eigenvalue weighted by atomic mass is 10.3. The zero-order chi connectivity index (χ0) is 8.65. The molecule has 3 heteroatoms. The molecule has 2 aliphatic rings. The zero-order valence-corrected chi connectivity index (χ0v) is 7.81. The van der Waals surface area contributed by atoms with Crippen LogP contribution in [0.3, 0.4) is 0 Å². The predicted molar refractivity (Wildman–Crippen MR) is 52.2 cm³/mol. The SMILES string of the molecule is C1CNCCN1.NC1CCCC1. The van der Waals surface area contributed by atoms with E-state index < -0.39 is 0 Å². The first-order valence-corrected chi connectivity index (χ1v) is 5.06. The largest absolute Gasteiger partial charge is 0.328 e. The highest BCUT2D eigenvalue weighted by molar-refractivity contribution is 4.67. The molecule has 4 N–H and O–H groups in total. The average molecular weight is 171 g/mol. The second-order valence-corrected chi connectivity index (χ2v) is 3.54. The predicted octanol–water partition coefficient (Wildman–Crippen LogP) is 0.0669. The van der Waals surface area contributed by atoms with Crippen LogP contribution in [0.25, 0.3) is 0 Å². The molecule has 72 valence electrons. The van der Waals surface area contributed by atoms with Gasteiger partial charge >= 0.3 is 0 Å². The van der Waals surface area contributed by atoms with Gasteiger partial charge in [-0.05, 0) is 12.8 Å². The fourth-order valence-corrected chi connectivity index (χ4v) is 1.56. The minimum absolute atomic E-state index is 0.546. The highest BCUT2D eigenvalue weighted by Crippen LogP contribution is 2.14. The second kappa shape index (κ2) is 6.40. The summed E-state index contributed by atoms with van der Waals surface area (Å²) in [5.41, 5.74) is 5.53. The van der Waals surface area contributed by atoms with Gasteiger partial charge < -0.3 is 16.4 Å². The second-order valence-electron chi connectivity index (χ2n) is 3.54. The van der Waals surface area contributed by atoms with Gasteiger partial charge in [-0.25, -0.2) is 0 Å². The highest BCUT2D eigenvalue weighted by Gasteiger charge is 2.07. The van der Waals surface area contributed by atoms with Crippen molar-refractivity contribution < 1.29 is 0 Å². The molecule has 0 radical (unpaired) electrons. The summed E-state index contributed by atoms with van der Waals surface area (Å²) >= 11 is 0. The maximum absolute atomic E-state index is 5.53. The molecule has 0 aromatic rings. The van der Waals surface area contributed by atoms with Crippen molar-refractivity contribution in [3.05, 3.63) is 0 Å². The Balaban J connectivity index is 0.000000120. The fraction of sp³-hybridized carbons (Fsp3) is 1.00. The molecule has 0 atom stereocenters. The van der Waals surface area contributed by atoms with Crippen LogP contribution in [0.1, 0.15) is 25.7 Å². The molecule has 0 bridgehead atoms. The topological polar surface area (TPSA) is 50.1 Å². The summed E-state index contributed by atoms with van der Waals surface area (Å²) in [6.07, 6.45) is 5.25. The molecule has 0 amide bonds. The Morgan fingerprint density at radius 3 is 1.42 bits per heavy atom. The summed E-state index contributed by atoms with van der Waals surface area (Å²) in [6.45, 7) is 4.56. The lowest BCUT2D eigenvalue weighted by Gasteiger charge is -2.11. The minimum Gasteiger partial charge on any atom is -0.328 e. The lowest BCUT2D eigenvalue weighted by molar-refractivity contribution is 0.534. The van der Waals surface area contributed by atoms with Crippen LogP contribution in [0.5, 0.6) is 0 Å². The molecule has 2 fully saturated rings. The standard InChI is InChI=1S/C5H11N.C4H10N2/c6-5-3-1-2-4-5;1-2-6-4-3-5-1/h5H,1-4,6H2;5-6H,1-4H2. The summed E-state index contributed by atoms with van der Waals surface area (Å²) in [4.78, 5) is 0. The number of hydrogen-bond donors (Lipinski definition) is 3. The molecule has 0 aromatic heterocycles. The van der Waals surface area contributed by atoms with Crippen molar-refractivity contribution in [3.8, 4) is 0 Å². The third-order valence-corrected chi connectivity index (χ3v) is 2.36. The normalized spacial score (nSPS) is 24.8. The van der Waals surface area contributed by atoms with Gasteiger partial charge in [0.2, 0.25) is 0 Å². The van der Waals surface area contributed by atoms with Crippen molar-refractivity contribution in [1.29, 1.82) is 0 Å². The van der Waals surface area contributed by atoms with E-state index in [0.29, 0.717) is 6.04 Å². The number of nitrogens with one attached hydrogen (secondary N) is 2. The van der Waals surface area contributed by atoms with Crippen LogP contribution in [0, 0.1) is 0 Å². The van der Waals surface area contributed by atoms with Crippen molar-refractivity contribution in [1.82, 2.24) is 10.6 Å². The van der Waals surface area contributed by atoms with E-state index in [1.165, 1.54) is 25.7 Å². The third-order valence-electron chi connectivity index (χ3n) is 2.36. The van der Waals surface area contributed by atoms with Crippen LogP contribution < -0.4 is 16.4 Å². The maximum Gasteiger partial charge on any atom is 0.00772 e. The first-order valence-electron chi connectivity index (χ1n) is 5.06. The van der Waals surface area contributed by atoms with E-state index in [1.54, 1.807) is 0 Å². The van der Waals surface area contributed by atoms with E-state index in [4.69, 9.17) is 5.73 Å². The Morgan fingerprint density at radius 1 is 0.833 bits per heavy atom. The van der Waals surface area contributed by atoms with Crippen LogP contribution >= 0.6 is 0 Å². The van der Waals surface area contributed by atoms with Crippen molar-refractivity contribution in [2.45, 2.75) is 31.7 Å². The van der Waals surface area contributed by atoms with Gasteiger partial charge in [0.15, 0.2) is 0 Å². The van der Waals surface area contributed by atoms with E-state index >= 15 is 0 Å². The maximum atomic E-state index is 5.53. The first-order chi connectivity index (χ1) is 5.89. The summed E-state index contributed by atoms with van der Waals surface area (Å²) in [5.74, 6) is 0. The van der Waals surface area contributed by atoms with Gasteiger partial charge in [0.05, 0.1) is 0 Å². The van der Waals surface area contributed by atoms with Gasteiger partial charge in [-0.15, -0.1) is 0 Å². The van der Waals surface area contributed by atoms with Crippen LogP contribution in [0.15, 0.2) is 0 Å². The summed E-state index contributed by atoms with van der Waals surface area (Å²) in [5, 5.41) is 6.44. The van der Waals surface area contributed by atoms with E-state index in [0.717, 1.165) is 26.2 Å². The zero-order valence-electron chi connectivity index (χ0n) is 7.81. The van der Waals surface area contributed by atoms with E-state index in [2.05, 4.69) is 10.6 Å². The summed E-state index contributed by atoms with van der Waals surface area (Å²) in [6, 6.07) is 0.546. The molecule has 1 aliphatic carbocycles. The Kier molecular flexibility index (Phi) is 5.32. The van der Waals surface area contributed by atoms with Crippen molar-refractivity contribution in [2.75, 3.05) is 26.2 Å². The molecule has 1 aliphatic heterocycles. The molecule has 1 heterocycles. The summed E-state index contributed by atoms with van der Waals surface area (Å²) < 4.78 is 0. The quantitative estimate of drug-likeness (QED) is 0.483. The molecule has 0 aromatic carbocycles. The molecular formula is C9H21N3. The van der Waals surface area contributed by atoms with Crippen molar-refractivity contribution in [2.24, 2.45) is 5.73 Å². The van der Waals surface area contributed by atoms with Gasteiger partial charge in [0.1, 0.15) is 0 Å². The first kappa shape index (κ1) is 9.96. The number of piperazine rings is 1. The highest BCUT2D eigenvalue weighted by atomic mass is 15.0. The Labute approximate surface area is 75.1 Å². The van der Waals surface area contributed by atoms with E-state index in [-0.39, 0.29) is 0 Å². The van der Waals surface area contributed by atoms with Crippen molar-refractivity contribution in [3.63, 3.8) is 0 Å². The van der Waals surface area contributed by atoms with E-state index in [1.807, 2.05) is 0 Å². The molecule has 1 saturated heterocycles.